The highest BCUT2D eigenvalue weighted by Gasteiger charge is 2.24. The number of carbonyl (C=O) groups excluding carboxylic acids is 1. The first-order chi connectivity index (χ1) is 14.0. The monoisotopic (exact) mass is 394 g/mol. The summed E-state index contributed by atoms with van der Waals surface area (Å²) < 4.78 is 1.78. The molecule has 7 heteroatoms. The summed E-state index contributed by atoms with van der Waals surface area (Å²) >= 11 is 0. The third-order valence-corrected chi connectivity index (χ3v) is 5.77. The van der Waals surface area contributed by atoms with Crippen molar-refractivity contribution in [2.24, 2.45) is 0 Å². The normalized spacial score (nSPS) is 19.4. The predicted molar refractivity (Wildman–Crippen MR) is 111 cm³/mol. The van der Waals surface area contributed by atoms with Crippen molar-refractivity contribution in [1.29, 1.82) is 0 Å². The lowest BCUT2D eigenvalue weighted by molar-refractivity contribution is 0.0796. The molecule has 2 heterocycles. The molecule has 0 bridgehead atoms. The van der Waals surface area contributed by atoms with E-state index in [2.05, 4.69) is 9.97 Å². The molecule has 1 aliphatic carbocycles. The lowest BCUT2D eigenvalue weighted by Gasteiger charge is -2.26. The maximum Gasteiger partial charge on any atom is 0.326 e. The van der Waals surface area contributed by atoms with Crippen molar-refractivity contribution in [3.8, 4) is 0 Å². The molecule has 0 atom stereocenters. The summed E-state index contributed by atoms with van der Waals surface area (Å²) in [4.78, 5) is 34.2. The lowest BCUT2D eigenvalue weighted by atomic mass is 9.93. The average molecular weight is 394 g/mol. The van der Waals surface area contributed by atoms with Gasteiger partial charge in [-0.3, -0.25) is 14.3 Å². The van der Waals surface area contributed by atoms with Crippen LogP contribution in [-0.2, 0) is 6.42 Å². The Morgan fingerprint density at radius 3 is 2.76 bits per heavy atom. The van der Waals surface area contributed by atoms with Gasteiger partial charge in [-0.05, 0) is 56.0 Å². The molecule has 1 saturated carbocycles. The number of nitrogens with zero attached hydrogens (tertiary/aromatic N) is 3. The van der Waals surface area contributed by atoms with Crippen LogP contribution in [0.25, 0.3) is 11.0 Å². The minimum atomic E-state index is -0.266. The van der Waals surface area contributed by atoms with Crippen LogP contribution < -0.4 is 5.69 Å². The molecule has 1 aliphatic rings. The number of hydrogen-bond donors (Lipinski definition) is 2. The highest BCUT2D eigenvalue weighted by Crippen LogP contribution is 2.30. The predicted octanol–water partition coefficient (Wildman–Crippen LogP) is 2.52. The van der Waals surface area contributed by atoms with Crippen LogP contribution in [0.2, 0.25) is 0 Å². The van der Waals surface area contributed by atoms with Gasteiger partial charge in [-0.1, -0.05) is 6.07 Å². The molecule has 1 aromatic carbocycles. The lowest BCUT2D eigenvalue weighted by Crippen LogP contribution is -2.29. The number of hydrogen-bond acceptors (Lipinski definition) is 4. The van der Waals surface area contributed by atoms with Gasteiger partial charge in [0.15, 0.2) is 0 Å². The van der Waals surface area contributed by atoms with Gasteiger partial charge in [-0.2, -0.15) is 0 Å². The maximum absolute atomic E-state index is 12.8. The Labute approximate surface area is 169 Å². The van der Waals surface area contributed by atoms with Crippen molar-refractivity contribution in [2.45, 2.75) is 44.2 Å². The van der Waals surface area contributed by atoms with E-state index in [4.69, 9.17) is 0 Å². The van der Waals surface area contributed by atoms with E-state index in [1.807, 2.05) is 24.3 Å². The molecule has 0 spiro atoms. The molecule has 29 heavy (non-hydrogen) atoms. The second-order valence-electron chi connectivity index (χ2n) is 7.79. The van der Waals surface area contributed by atoms with Crippen LogP contribution in [0.3, 0.4) is 0 Å². The Hall–Kier alpha value is -2.93. The molecule has 2 aromatic heterocycles. The van der Waals surface area contributed by atoms with Crippen LogP contribution in [0, 0.1) is 0 Å². The van der Waals surface area contributed by atoms with Gasteiger partial charge in [0, 0.05) is 43.5 Å². The van der Waals surface area contributed by atoms with E-state index in [0.717, 1.165) is 24.1 Å². The van der Waals surface area contributed by atoms with Crippen molar-refractivity contribution in [2.75, 3.05) is 13.6 Å². The fourth-order valence-electron chi connectivity index (χ4n) is 4.09. The summed E-state index contributed by atoms with van der Waals surface area (Å²) in [6.45, 7) is 0.565. The Balaban J connectivity index is 1.51. The molecular formula is C22H26N4O3. The van der Waals surface area contributed by atoms with Crippen molar-refractivity contribution < 1.29 is 9.90 Å². The molecule has 0 saturated heterocycles. The third kappa shape index (κ3) is 4.10. The van der Waals surface area contributed by atoms with Gasteiger partial charge in [-0.15, -0.1) is 0 Å². The van der Waals surface area contributed by atoms with Gasteiger partial charge in [0.1, 0.15) is 0 Å². The number of amides is 1. The van der Waals surface area contributed by atoms with E-state index in [1.54, 1.807) is 34.8 Å². The molecular weight excluding hydrogens is 368 g/mol. The quantitative estimate of drug-likeness (QED) is 0.696. The van der Waals surface area contributed by atoms with E-state index in [1.165, 1.54) is 0 Å². The first-order valence-electron chi connectivity index (χ1n) is 10.1. The van der Waals surface area contributed by atoms with Crippen LogP contribution in [0.4, 0.5) is 0 Å². The van der Waals surface area contributed by atoms with E-state index in [0.29, 0.717) is 36.9 Å². The number of aromatic amines is 1. The van der Waals surface area contributed by atoms with Gasteiger partial charge in [-0.25, -0.2) is 4.79 Å². The van der Waals surface area contributed by atoms with Crippen LogP contribution in [-0.4, -0.2) is 50.1 Å². The van der Waals surface area contributed by atoms with Gasteiger partial charge in [0.05, 0.1) is 17.1 Å². The number of likely N-dealkylation sites (N-methyl/N-ethyl adjacent to an activating group) is 1. The largest absolute Gasteiger partial charge is 0.393 e. The summed E-state index contributed by atoms with van der Waals surface area (Å²) in [5.41, 5.74) is 2.82. The Morgan fingerprint density at radius 1 is 1.24 bits per heavy atom. The third-order valence-electron chi connectivity index (χ3n) is 5.77. The molecule has 1 fully saturated rings. The zero-order valence-electron chi connectivity index (χ0n) is 16.5. The van der Waals surface area contributed by atoms with Gasteiger partial charge in [0.25, 0.3) is 5.91 Å². The van der Waals surface area contributed by atoms with Gasteiger partial charge >= 0.3 is 5.69 Å². The number of pyridine rings is 1. The van der Waals surface area contributed by atoms with Crippen molar-refractivity contribution >= 4 is 16.9 Å². The SMILES string of the molecule is CN(CCc1ccccn1)C(=O)c1ccc2c(c1)[nH]c(=O)n2C1CCC(O)CC1. The maximum atomic E-state index is 12.8. The fourth-order valence-corrected chi connectivity index (χ4v) is 4.09. The van der Waals surface area contributed by atoms with Gasteiger partial charge in [0.2, 0.25) is 0 Å². The second-order valence-corrected chi connectivity index (χ2v) is 7.79. The molecule has 0 aliphatic heterocycles. The minimum Gasteiger partial charge on any atom is -0.393 e. The average Bonchev–Trinajstić information content (AvgIpc) is 3.07. The van der Waals surface area contributed by atoms with Crippen molar-refractivity contribution in [3.63, 3.8) is 0 Å². The van der Waals surface area contributed by atoms with Gasteiger partial charge < -0.3 is 15.0 Å². The number of carbonyl (C=O) groups is 1. The number of rotatable bonds is 5. The minimum absolute atomic E-state index is 0.0854. The molecule has 7 nitrogen and oxygen atoms in total. The zero-order chi connectivity index (χ0) is 20.4. The summed E-state index contributed by atoms with van der Waals surface area (Å²) in [6.07, 6.45) is 5.15. The zero-order valence-corrected chi connectivity index (χ0v) is 16.5. The molecule has 1 amide bonds. The first-order valence-corrected chi connectivity index (χ1v) is 10.1. The fraction of sp³-hybridized carbons (Fsp3) is 0.409. The molecule has 152 valence electrons. The van der Waals surface area contributed by atoms with Crippen molar-refractivity contribution in [1.82, 2.24) is 19.4 Å². The highest BCUT2D eigenvalue weighted by molar-refractivity contribution is 5.97. The van der Waals surface area contributed by atoms with E-state index in [-0.39, 0.29) is 23.7 Å². The molecule has 0 unspecified atom stereocenters. The number of imidazole rings is 1. The smallest absolute Gasteiger partial charge is 0.326 e. The Kier molecular flexibility index (Phi) is 5.49. The highest BCUT2D eigenvalue weighted by atomic mass is 16.3. The van der Waals surface area contributed by atoms with Crippen LogP contribution in [0.5, 0.6) is 0 Å². The number of aliphatic hydroxyl groups excluding tert-OH is 1. The summed E-state index contributed by atoms with van der Waals surface area (Å²) in [5, 5.41) is 9.73. The van der Waals surface area contributed by atoms with Crippen LogP contribution in [0.15, 0.2) is 47.4 Å². The molecule has 0 radical (unpaired) electrons. The Morgan fingerprint density at radius 2 is 2.03 bits per heavy atom. The van der Waals surface area contributed by atoms with Crippen molar-refractivity contribution in [3.05, 3.63) is 64.3 Å². The molecule has 2 N–H and O–H groups in total. The standard InChI is InChI=1S/C22H26N4O3/c1-25(13-11-16-4-2-3-12-23-16)21(28)15-5-10-20-19(14-15)24-22(29)26(20)17-6-8-18(27)9-7-17/h2-5,10,12,14,17-18,27H,6-9,11,13H2,1H3,(H,24,29). The number of aliphatic hydroxyl groups is 1. The topological polar surface area (TPSA) is 91.2 Å². The number of fused-ring (bicyclic) bond motifs is 1. The number of aromatic nitrogens is 3. The van der Waals surface area contributed by atoms with E-state index >= 15 is 0 Å². The summed E-state index contributed by atoms with van der Waals surface area (Å²) in [6, 6.07) is 11.2. The first kappa shape index (κ1) is 19.4. The van der Waals surface area contributed by atoms with E-state index < -0.39 is 0 Å². The van der Waals surface area contributed by atoms with Crippen LogP contribution >= 0.6 is 0 Å². The summed E-state index contributed by atoms with van der Waals surface area (Å²) in [5.74, 6) is -0.0859. The number of benzene rings is 1. The molecule has 3 aromatic rings. The summed E-state index contributed by atoms with van der Waals surface area (Å²) in [7, 11) is 1.77. The molecule has 4 rings (SSSR count). The number of H-pyrrole nitrogens is 1. The number of nitrogens with one attached hydrogen (secondary N) is 1. The Bertz CT molecular complexity index is 1050. The second kappa shape index (κ2) is 8.21. The van der Waals surface area contributed by atoms with Crippen LogP contribution in [0.1, 0.15) is 47.8 Å². The van der Waals surface area contributed by atoms with E-state index in [9.17, 15) is 14.7 Å².